The van der Waals surface area contributed by atoms with E-state index in [1.54, 1.807) is 17.0 Å². The van der Waals surface area contributed by atoms with Crippen molar-refractivity contribution in [2.24, 2.45) is 0 Å². The van der Waals surface area contributed by atoms with E-state index in [0.29, 0.717) is 30.8 Å². The smallest absolute Gasteiger partial charge is 0.410 e. The highest BCUT2D eigenvalue weighted by atomic mass is 16.6. The summed E-state index contributed by atoms with van der Waals surface area (Å²) in [5.74, 6) is 0.505. The van der Waals surface area contributed by atoms with Gasteiger partial charge in [0.05, 0.1) is 24.8 Å². The summed E-state index contributed by atoms with van der Waals surface area (Å²) in [5, 5.41) is 20.1. The number of phenols is 1. The third kappa shape index (κ3) is 2.59. The Morgan fingerprint density at radius 3 is 2.73 bits per heavy atom. The molecule has 0 unspecified atom stereocenters. The van der Waals surface area contributed by atoms with Crippen molar-refractivity contribution in [3.63, 3.8) is 0 Å². The van der Waals surface area contributed by atoms with Crippen LogP contribution in [-0.4, -0.2) is 45.5 Å². The first-order chi connectivity index (χ1) is 10.2. The monoisotopic (exact) mass is 307 g/mol. The van der Waals surface area contributed by atoms with Gasteiger partial charge < -0.3 is 24.6 Å². The van der Waals surface area contributed by atoms with Crippen LogP contribution in [0.25, 0.3) is 0 Å². The first kappa shape index (κ1) is 15.0. The standard InChI is InChI=1S/C16H21NO5/c1-15(2,3)22-14(20)17-8-16(9-17)7-11(19)13-10(18)5-4-6-12(13)21-16/h4-6,11,18-19H,7-9H2,1-3H3/t11-/m0/s1. The summed E-state index contributed by atoms with van der Waals surface area (Å²) in [4.78, 5) is 13.6. The average molecular weight is 307 g/mol. The minimum absolute atomic E-state index is 0.0307. The van der Waals surface area contributed by atoms with Gasteiger partial charge in [-0.3, -0.25) is 0 Å². The molecular weight excluding hydrogens is 286 g/mol. The highest BCUT2D eigenvalue weighted by Crippen LogP contribution is 2.47. The number of nitrogens with zero attached hydrogens (tertiary/aromatic N) is 1. The number of aliphatic hydroxyl groups excluding tert-OH is 1. The number of aliphatic hydroxyl groups is 1. The molecule has 0 bridgehead atoms. The zero-order valence-corrected chi connectivity index (χ0v) is 13.0. The lowest BCUT2D eigenvalue weighted by atomic mass is 9.83. The minimum Gasteiger partial charge on any atom is -0.507 e. The van der Waals surface area contributed by atoms with Gasteiger partial charge in [-0.1, -0.05) is 6.07 Å². The summed E-state index contributed by atoms with van der Waals surface area (Å²) in [6.07, 6.45) is -0.833. The Hall–Kier alpha value is -1.95. The summed E-state index contributed by atoms with van der Waals surface area (Å²) in [6, 6.07) is 4.91. The lowest BCUT2D eigenvalue weighted by Crippen LogP contribution is -2.68. The van der Waals surface area contributed by atoms with Crippen LogP contribution in [0.4, 0.5) is 4.79 Å². The Labute approximate surface area is 129 Å². The molecule has 0 aliphatic carbocycles. The number of hydrogen-bond acceptors (Lipinski definition) is 5. The highest BCUT2D eigenvalue weighted by Gasteiger charge is 2.52. The van der Waals surface area contributed by atoms with Crippen LogP contribution < -0.4 is 4.74 Å². The van der Waals surface area contributed by atoms with Gasteiger partial charge >= 0.3 is 6.09 Å². The quantitative estimate of drug-likeness (QED) is 0.768. The first-order valence-electron chi connectivity index (χ1n) is 7.36. The molecule has 1 aromatic carbocycles. The van der Waals surface area contributed by atoms with Gasteiger partial charge in [0, 0.05) is 6.42 Å². The minimum atomic E-state index is -0.800. The van der Waals surface area contributed by atoms with Crippen LogP contribution in [-0.2, 0) is 4.74 Å². The zero-order valence-electron chi connectivity index (χ0n) is 13.0. The van der Waals surface area contributed by atoms with Crippen LogP contribution in [0.3, 0.4) is 0 Å². The predicted octanol–water partition coefficient (Wildman–Crippen LogP) is 2.20. The maximum absolute atomic E-state index is 12.0. The first-order valence-corrected chi connectivity index (χ1v) is 7.36. The maximum atomic E-state index is 12.0. The van der Waals surface area contributed by atoms with Crippen molar-refractivity contribution in [1.29, 1.82) is 0 Å². The molecule has 2 aliphatic heterocycles. The SMILES string of the molecule is CC(C)(C)OC(=O)N1CC2(C[C@H](O)c3c(O)cccc3O2)C1. The molecule has 6 heteroatoms. The molecule has 1 aromatic rings. The molecule has 1 fully saturated rings. The number of fused-ring (bicyclic) bond motifs is 1. The van der Waals surface area contributed by atoms with Gasteiger partial charge in [-0.05, 0) is 32.9 Å². The van der Waals surface area contributed by atoms with Crippen molar-refractivity contribution in [2.45, 2.75) is 44.5 Å². The molecule has 0 radical (unpaired) electrons. The molecule has 2 aliphatic rings. The van der Waals surface area contributed by atoms with Crippen LogP contribution in [0, 0.1) is 0 Å². The summed E-state index contributed by atoms with van der Waals surface area (Å²) < 4.78 is 11.3. The van der Waals surface area contributed by atoms with Crippen LogP contribution in [0.1, 0.15) is 38.9 Å². The second-order valence-electron chi connectivity index (χ2n) is 7.03. The molecule has 120 valence electrons. The van der Waals surface area contributed by atoms with E-state index in [2.05, 4.69) is 0 Å². The Kier molecular flexibility index (Phi) is 3.25. The molecule has 2 heterocycles. The van der Waals surface area contributed by atoms with Crippen molar-refractivity contribution in [3.8, 4) is 11.5 Å². The number of phenolic OH excluding ortho intramolecular Hbond substituents is 1. The number of likely N-dealkylation sites (tertiary alicyclic amines) is 1. The topological polar surface area (TPSA) is 79.2 Å². The molecule has 1 amide bonds. The Balaban J connectivity index is 1.71. The van der Waals surface area contributed by atoms with E-state index in [1.807, 2.05) is 20.8 Å². The van der Waals surface area contributed by atoms with Crippen molar-refractivity contribution >= 4 is 6.09 Å². The van der Waals surface area contributed by atoms with E-state index in [9.17, 15) is 15.0 Å². The number of carbonyl (C=O) groups is 1. The Morgan fingerprint density at radius 2 is 2.09 bits per heavy atom. The van der Waals surface area contributed by atoms with Crippen LogP contribution in [0.5, 0.6) is 11.5 Å². The molecule has 0 aromatic heterocycles. The average Bonchev–Trinajstić information content (AvgIpc) is 2.33. The summed E-state index contributed by atoms with van der Waals surface area (Å²) >= 11 is 0. The van der Waals surface area contributed by atoms with Gasteiger partial charge in [-0.25, -0.2) is 4.79 Å². The second kappa shape index (κ2) is 4.78. The molecule has 1 atom stereocenters. The zero-order chi connectivity index (χ0) is 16.1. The molecule has 22 heavy (non-hydrogen) atoms. The van der Waals surface area contributed by atoms with Crippen molar-refractivity contribution in [3.05, 3.63) is 23.8 Å². The number of rotatable bonds is 0. The van der Waals surface area contributed by atoms with E-state index in [-0.39, 0.29) is 11.8 Å². The van der Waals surface area contributed by atoms with E-state index < -0.39 is 17.3 Å². The van der Waals surface area contributed by atoms with Crippen LogP contribution >= 0.6 is 0 Å². The number of hydrogen-bond donors (Lipinski definition) is 2. The molecule has 1 saturated heterocycles. The molecular formula is C16H21NO5. The number of ether oxygens (including phenoxy) is 2. The van der Waals surface area contributed by atoms with E-state index in [1.165, 1.54) is 6.07 Å². The molecule has 1 spiro atoms. The van der Waals surface area contributed by atoms with Gasteiger partial charge in [0.15, 0.2) is 0 Å². The third-order valence-corrected chi connectivity index (χ3v) is 3.88. The van der Waals surface area contributed by atoms with Crippen molar-refractivity contribution < 1.29 is 24.5 Å². The third-order valence-electron chi connectivity index (χ3n) is 3.88. The van der Waals surface area contributed by atoms with E-state index in [4.69, 9.17) is 9.47 Å². The number of carbonyl (C=O) groups excluding carboxylic acids is 1. The van der Waals surface area contributed by atoms with Gasteiger partial charge in [-0.2, -0.15) is 0 Å². The normalized spacial score (nSPS) is 22.5. The number of amides is 1. The predicted molar refractivity (Wildman–Crippen MR) is 78.8 cm³/mol. The summed E-state index contributed by atoms with van der Waals surface area (Å²) in [5.41, 5.74) is -0.716. The van der Waals surface area contributed by atoms with Gasteiger partial charge in [0.1, 0.15) is 22.7 Å². The fraction of sp³-hybridized carbons (Fsp3) is 0.562. The van der Waals surface area contributed by atoms with Crippen LogP contribution in [0.15, 0.2) is 18.2 Å². The second-order valence-corrected chi connectivity index (χ2v) is 7.03. The molecule has 6 nitrogen and oxygen atoms in total. The van der Waals surface area contributed by atoms with Gasteiger partial charge in [0.2, 0.25) is 0 Å². The number of benzene rings is 1. The van der Waals surface area contributed by atoms with Crippen LogP contribution in [0.2, 0.25) is 0 Å². The van der Waals surface area contributed by atoms with E-state index >= 15 is 0 Å². The maximum Gasteiger partial charge on any atom is 0.410 e. The lowest BCUT2D eigenvalue weighted by molar-refractivity contribution is -0.114. The van der Waals surface area contributed by atoms with Gasteiger partial charge in [-0.15, -0.1) is 0 Å². The van der Waals surface area contributed by atoms with E-state index in [0.717, 1.165) is 0 Å². The van der Waals surface area contributed by atoms with Crippen molar-refractivity contribution in [2.75, 3.05) is 13.1 Å². The molecule has 0 saturated carbocycles. The largest absolute Gasteiger partial charge is 0.507 e. The molecule has 2 N–H and O–H groups in total. The lowest BCUT2D eigenvalue weighted by Gasteiger charge is -2.52. The fourth-order valence-electron chi connectivity index (χ4n) is 2.98. The number of aromatic hydroxyl groups is 1. The summed E-state index contributed by atoms with van der Waals surface area (Å²) in [6.45, 7) is 6.20. The fourth-order valence-corrected chi connectivity index (χ4v) is 2.98. The highest BCUT2D eigenvalue weighted by molar-refractivity contribution is 5.70. The van der Waals surface area contributed by atoms with Gasteiger partial charge in [0.25, 0.3) is 0 Å². The van der Waals surface area contributed by atoms with Crippen molar-refractivity contribution in [1.82, 2.24) is 4.90 Å². The Bertz CT molecular complexity index is 601. The summed E-state index contributed by atoms with van der Waals surface area (Å²) in [7, 11) is 0. The Morgan fingerprint density at radius 1 is 1.41 bits per heavy atom. The molecule has 3 rings (SSSR count).